The van der Waals surface area contributed by atoms with Gasteiger partial charge < -0.3 is 4.79 Å². The van der Waals surface area contributed by atoms with Gasteiger partial charge in [0.15, 0.2) is 5.78 Å². The molecule has 0 amide bonds. The molecular formula is C6H7NO2. The van der Waals surface area contributed by atoms with Crippen molar-refractivity contribution in [3.63, 3.8) is 0 Å². The minimum absolute atomic E-state index is 0.0856. The molecule has 0 aromatic heterocycles. The first-order valence-corrected chi connectivity index (χ1v) is 2.39. The molecule has 1 aliphatic rings. The number of aliphatic imine (C=N–C) groups is 1. The zero-order valence-corrected chi connectivity index (χ0v) is 4.91. The SMILES string of the molecule is C=O.O=C1C=NC=CC1. The van der Waals surface area contributed by atoms with Crippen molar-refractivity contribution in [1.82, 2.24) is 0 Å². The number of rotatable bonds is 0. The molecule has 0 aromatic rings. The molecule has 0 N–H and O–H groups in total. The van der Waals surface area contributed by atoms with Gasteiger partial charge in [0.1, 0.15) is 6.79 Å². The summed E-state index contributed by atoms with van der Waals surface area (Å²) in [6.45, 7) is 2.00. The lowest BCUT2D eigenvalue weighted by Gasteiger charge is -1.88. The summed E-state index contributed by atoms with van der Waals surface area (Å²) >= 11 is 0. The highest BCUT2D eigenvalue weighted by atomic mass is 16.1. The molecule has 9 heavy (non-hydrogen) atoms. The first-order chi connectivity index (χ1) is 4.39. The van der Waals surface area contributed by atoms with E-state index in [1.807, 2.05) is 6.79 Å². The van der Waals surface area contributed by atoms with E-state index in [0.717, 1.165) is 0 Å². The van der Waals surface area contributed by atoms with Crippen LogP contribution in [0.5, 0.6) is 0 Å². The van der Waals surface area contributed by atoms with Gasteiger partial charge in [-0.3, -0.25) is 9.79 Å². The highest BCUT2D eigenvalue weighted by Gasteiger charge is 1.93. The summed E-state index contributed by atoms with van der Waals surface area (Å²) in [6.07, 6.45) is 5.22. The Hall–Kier alpha value is -1.25. The zero-order chi connectivity index (χ0) is 7.11. The van der Waals surface area contributed by atoms with Gasteiger partial charge in [-0.15, -0.1) is 0 Å². The molecule has 1 aliphatic heterocycles. The van der Waals surface area contributed by atoms with E-state index in [0.29, 0.717) is 6.42 Å². The fourth-order valence-corrected chi connectivity index (χ4v) is 0.409. The van der Waals surface area contributed by atoms with Gasteiger partial charge in [0, 0.05) is 12.6 Å². The molecule has 0 radical (unpaired) electrons. The van der Waals surface area contributed by atoms with Gasteiger partial charge >= 0.3 is 0 Å². The topological polar surface area (TPSA) is 46.5 Å². The number of carbonyl (C=O) groups excluding carboxylic acids is 2. The molecule has 0 aromatic carbocycles. The molecule has 3 heteroatoms. The van der Waals surface area contributed by atoms with Crippen LogP contribution < -0.4 is 0 Å². The van der Waals surface area contributed by atoms with Gasteiger partial charge in [0.05, 0.1) is 6.21 Å². The lowest BCUT2D eigenvalue weighted by Crippen LogP contribution is -1.98. The van der Waals surface area contributed by atoms with Crippen molar-refractivity contribution in [3.05, 3.63) is 12.3 Å². The van der Waals surface area contributed by atoms with Crippen molar-refractivity contribution in [2.75, 3.05) is 0 Å². The second-order valence-corrected chi connectivity index (χ2v) is 1.33. The molecule has 0 spiro atoms. The van der Waals surface area contributed by atoms with E-state index < -0.39 is 0 Å². The average molecular weight is 125 g/mol. The zero-order valence-electron chi connectivity index (χ0n) is 4.91. The van der Waals surface area contributed by atoms with Crippen molar-refractivity contribution >= 4 is 18.8 Å². The maximum atomic E-state index is 10.3. The molecule has 0 atom stereocenters. The first kappa shape index (κ1) is 7.75. The number of hydrogen-bond donors (Lipinski definition) is 0. The average Bonchev–Trinajstić information content (AvgIpc) is 1.94. The molecule has 48 valence electrons. The van der Waals surface area contributed by atoms with Crippen LogP contribution in [0.25, 0.3) is 0 Å². The van der Waals surface area contributed by atoms with Crippen molar-refractivity contribution < 1.29 is 9.59 Å². The Labute approximate surface area is 53.1 Å². The van der Waals surface area contributed by atoms with Crippen LogP contribution in [-0.4, -0.2) is 18.8 Å². The molecular weight excluding hydrogens is 118 g/mol. The minimum atomic E-state index is 0.0856. The molecule has 0 fully saturated rings. The number of hydrogen-bond acceptors (Lipinski definition) is 3. The van der Waals surface area contributed by atoms with Crippen LogP contribution in [0.1, 0.15) is 6.42 Å². The second-order valence-electron chi connectivity index (χ2n) is 1.33. The van der Waals surface area contributed by atoms with Gasteiger partial charge in [0.25, 0.3) is 0 Å². The molecule has 0 bridgehead atoms. The van der Waals surface area contributed by atoms with Crippen LogP contribution in [0.3, 0.4) is 0 Å². The maximum Gasteiger partial charge on any atom is 0.177 e. The van der Waals surface area contributed by atoms with Crippen LogP contribution in [0.2, 0.25) is 0 Å². The van der Waals surface area contributed by atoms with Crippen molar-refractivity contribution in [2.45, 2.75) is 6.42 Å². The fraction of sp³-hybridized carbons (Fsp3) is 0.167. The maximum absolute atomic E-state index is 10.3. The van der Waals surface area contributed by atoms with Crippen molar-refractivity contribution in [2.24, 2.45) is 4.99 Å². The van der Waals surface area contributed by atoms with Gasteiger partial charge in [-0.05, 0) is 0 Å². The third-order valence-electron chi connectivity index (χ3n) is 0.729. The van der Waals surface area contributed by atoms with E-state index in [1.165, 1.54) is 6.21 Å². The number of Topliss-reactive ketones (excluding diaryl/α,β-unsaturated/α-hetero) is 1. The minimum Gasteiger partial charge on any atom is -0.307 e. The van der Waals surface area contributed by atoms with E-state index >= 15 is 0 Å². The lowest BCUT2D eigenvalue weighted by molar-refractivity contribution is -0.111. The summed E-state index contributed by atoms with van der Waals surface area (Å²) in [5, 5.41) is 0. The molecule has 0 unspecified atom stereocenters. The van der Waals surface area contributed by atoms with E-state index in [-0.39, 0.29) is 5.78 Å². The van der Waals surface area contributed by atoms with Crippen molar-refractivity contribution in [1.29, 1.82) is 0 Å². The Bertz CT molecular complexity index is 149. The second kappa shape index (κ2) is 4.90. The Morgan fingerprint density at radius 3 is 2.44 bits per heavy atom. The third-order valence-corrected chi connectivity index (χ3v) is 0.729. The smallest absolute Gasteiger partial charge is 0.177 e. The molecule has 1 heterocycles. The Morgan fingerprint density at radius 1 is 1.56 bits per heavy atom. The predicted octanol–water partition coefficient (Wildman–Crippen LogP) is 0.359. The molecule has 0 saturated heterocycles. The summed E-state index contributed by atoms with van der Waals surface area (Å²) in [5.74, 6) is 0.0856. The van der Waals surface area contributed by atoms with Crippen molar-refractivity contribution in [3.8, 4) is 0 Å². The number of allylic oxidation sites excluding steroid dienone is 1. The number of ketones is 1. The summed E-state index contributed by atoms with van der Waals surface area (Å²) in [7, 11) is 0. The van der Waals surface area contributed by atoms with E-state index in [9.17, 15) is 4.79 Å². The van der Waals surface area contributed by atoms with Crippen LogP contribution in [0.15, 0.2) is 17.3 Å². The monoisotopic (exact) mass is 125 g/mol. The standard InChI is InChI=1S/C5H5NO.CH2O/c7-5-2-1-3-6-4-5;1-2/h1,3-4H,2H2;1H2. The number of nitrogens with zero attached hydrogens (tertiary/aromatic N) is 1. The lowest BCUT2D eigenvalue weighted by atomic mass is 10.3. The Balaban J connectivity index is 0.000000291. The van der Waals surface area contributed by atoms with Crippen LogP contribution in [0.4, 0.5) is 0 Å². The number of carbonyl (C=O) groups is 2. The Morgan fingerprint density at radius 2 is 2.22 bits per heavy atom. The van der Waals surface area contributed by atoms with Crippen LogP contribution in [-0.2, 0) is 9.59 Å². The van der Waals surface area contributed by atoms with E-state index in [1.54, 1.807) is 12.3 Å². The van der Waals surface area contributed by atoms with Crippen LogP contribution >= 0.6 is 0 Å². The van der Waals surface area contributed by atoms with Gasteiger partial charge in [-0.25, -0.2) is 0 Å². The Kier molecular flexibility index (Phi) is 4.22. The highest BCUT2D eigenvalue weighted by Crippen LogP contribution is 1.89. The van der Waals surface area contributed by atoms with E-state index in [4.69, 9.17) is 4.79 Å². The van der Waals surface area contributed by atoms with Crippen LogP contribution in [0, 0.1) is 0 Å². The van der Waals surface area contributed by atoms with Gasteiger partial charge in [-0.2, -0.15) is 0 Å². The fourth-order valence-electron chi connectivity index (χ4n) is 0.409. The normalized spacial score (nSPS) is 14.4. The summed E-state index contributed by atoms with van der Waals surface area (Å²) < 4.78 is 0. The predicted molar refractivity (Wildman–Crippen MR) is 34.4 cm³/mol. The van der Waals surface area contributed by atoms with E-state index in [2.05, 4.69) is 4.99 Å². The highest BCUT2D eigenvalue weighted by molar-refractivity contribution is 6.28. The largest absolute Gasteiger partial charge is 0.307 e. The molecule has 1 rings (SSSR count). The van der Waals surface area contributed by atoms with Gasteiger partial charge in [-0.1, -0.05) is 6.08 Å². The molecule has 0 aliphatic carbocycles. The molecule has 0 saturated carbocycles. The summed E-state index contributed by atoms with van der Waals surface area (Å²) in [4.78, 5) is 21.9. The first-order valence-electron chi connectivity index (χ1n) is 2.39. The third kappa shape index (κ3) is 3.34. The van der Waals surface area contributed by atoms with Gasteiger partial charge in [0.2, 0.25) is 0 Å². The quantitative estimate of drug-likeness (QED) is 0.469. The summed E-state index contributed by atoms with van der Waals surface area (Å²) in [6, 6.07) is 0. The summed E-state index contributed by atoms with van der Waals surface area (Å²) in [5.41, 5.74) is 0. The molecule has 3 nitrogen and oxygen atoms in total.